The Morgan fingerprint density at radius 2 is 2.19 bits per heavy atom. The summed E-state index contributed by atoms with van der Waals surface area (Å²) in [7, 11) is 1.99. The molecule has 0 bridgehead atoms. The van der Waals surface area contributed by atoms with Crippen molar-refractivity contribution in [3.8, 4) is 0 Å². The topological polar surface area (TPSA) is 42.7 Å². The molecule has 0 unspecified atom stereocenters. The molecule has 0 radical (unpaired) electrons. The van der Waals surface area contributed by atoms with Crippen LogP contribution < -0.4 is 5.32 Å². The third-order valence-electron chi connectivity index (χ3n) is 4.00. The lowest BCUT2D eigenvalue weighted by Gasteiger charge is -2.27. The van der Waals surface area contributed by atoms with Gasteiger partial charge < -0.3 is 9.88 Å². The van der Waals surface area contributed by atoms with Gasteiger partial charge in [0.05, 0.1) is 6.54 Å². The lowest BCUT2D eigenvalue weighted by molar-refractivity contribution is 0.267. The zero-order valence-electron chi connectivity index (χ0n) is 10.4. The number of hydrogen-bond acceptors (Lipinski definition) is 3. The summed E-state index contributed by atoms with van der Waals surface area (Å²) in [6.45, 7) is 4.27. The summed E-state index contributed by atoms with van der Waals surface area (Å²) in [6, 6.07) is 0. The second kappa shape index (κ2) is 4.95. The molecule has 0 amide bonds. The highest BCUT2D eigenvalue weighted by Crippen LogP contribution is 2.40. The Balaban J connectivity index is 1.81. The SMILES string of the molecule is CCC1(CNCc2nncn2C)CCCC1. The Bertz CT molecular complexity index is 326. The van der Waals surface area contributed by atoms with Gasteiger partial charge in [-0.15, -0.1) is 10.2 Å². The van der Waals surface area contributed by atoms with E-state index in [1.165, 1.54) is 32.1 Å². The van der Waals surface area contributed by atoms with Crippen LogP contribution in [0.1, 0.15) is 44.9 Å². The molecule has 1 saturated carbocycles. The van der Waals surface area contributed by atoms with Crippen LogP contribution in [0.5, 0.6) is 0 Å². The van der Waals surface area contributed by atoms with E-state index >= 15 is 0 Å². The van der Waals surface area contributed by atoms with E-state index in [1.807, 2.05) is 11.6 Å². The summed E-state index contributed by atoms with van der Waals surface area (Å²) in [4.78, 5) is 0. The van der Waals surface area contributed by atoms with Gasteiger partial charge in [0.15, 0.2) is 0 Å². The van der Waals surface area contributed by atoms with E-state index in [0.717, 1.165) is 18.9 Å². The first-order valence-corrected chi connectivity index (χ1v) is 6.29. The monoisotopic (exact) mass is 222 g/mol. The minimum Gasteiger partial charge on any atom is -0.320 e. The summed E-state index contributed by atoms with van der Waals surface area (Å²) in [5.41, 5.74) is 0.554. The zero-order valence-corrected chi connectivity index (χ0v) is 10.4. The summed E-state index contributed by atoms with van der Waals surface area (Å²) in [6.07, 6.45) is 8.62. The van der Waals surface area contributed by atoms with Crippen LogP contribution in [0.2, 0.25) is 0 Å². The largest absolute Gasteiger partial charge is 0.320 e. The van der Waals surface area contributed by atoms with E-state index in [4.69, 9.17) is 0 Å². The van der Waals surface area contributed by atoms with Crippen LogP contribution in [-0.4, -0.2) is 21.3 Å². The van der Waals surface area contributed by atoms with Gasteiger partial charge in [0.25, 0.3) is 0 Å². The van der Waals surface area contributed by atoms with E-state index < -0.39 is 0 Å². The van der Waals surface area contributed by atoms with Gasteiger partial charge in [-0.1, -0.05) is 19.8 Å². The van der Waals surface area contributed by atoms with Crippen LogP contribution in [-0.2, 0) is 13.6 Å². The summed E-state index contributed by atoms with van der Waals surface area (Å²) < 4.78 is 1.97. The highest BCUT2D eigenvalue weighted by atomic mass is 15.3. The van der Waals surface area contributed by atoms with Crippen molar-refractivity contribution in [3.05, 3.63) is 12.2 Å². The van der Waals surface area contributed by atoms with E-state index in [0.29, 0.717) is 5.41 Å². The molecule has 1 aromatic heterocycles. The predicted molar refractivity (Wildman–Crippen MR) is 63.9 cm³/mol. The lowest BCUT2D eigenvalue weighted by Crippen LogP contribution is -2.31. The number of aryl methyl sites for hydroxylation is 1. The number of nitrogens with zero attached hydrogens (tertiary/aromatic N) is 3. The van der Waals surface area contributed by atoms with Crippen molar-refractivity contribution in [1.29, 1.82) is 0 Å². The average Bonchev–Trinajstić information content (AvgIpc) is 2.90. The fourth-order valence-electron chi connectivity index (χ4n) is 2.69. The van der Waals surface area contributed by atoms with Gasteiger partial charge in [0.2, 0.25) is 0 Å². The van der Waals surface area contributed by atoms with E-state index in [-0.39, 0.29) is 0 Å². The molecule has 0 aliphatic heterocycles. The molecule has 0 saturated heterocycles. The van der Waals surface area contributed by atoms with Gasteiger partial charge in [-0.25, -0.2) is 0 Å². The van der Waals surface area contributed by atoms with Crippen LogP contribution in [0.3, 0.4) is 0 Å². The maximum atomic E-state index is 4.08. The molecule has 90 valence electrons. The predicted octanol–water partition coefficient (Wildman–Crippen LogP) is 1.88. The highest BCUT2D eigenvalue weighted by molar-refractivity contribution is 4.88. The number of nitrogens with one attached hydrogen (secondary N) is 1. The van der Waals surface area contributed by atoms with E-state index in [1.54, 1.807) is 6.33 Å². The summed E-state index contributed by atoms with van der Waals surface area (Å²) in [5, 5.41) is 11.5. The van der Waals surface area contributed by atoms with Crippen LogP contribution in [0.4, 0.5) is 0 Å². The second-order valence-electron chi connectivity index (χ2n) is 5.02. The van der Waals surface area contributed by atoms with Crippen LogP contribution in [0.15, 0.2) is 6.33 Å². The zero-order chi connectivity index (χ0) is 11.4. The first kappa shape index (κ1) is 11.6. The second-order valence-corrected chi connectivity index (χ2v) is 5.02. The third kappa shape index (κ3) is 2.43. The fourth-order valence-corrected chi connectivity index (χ4v) is 2.69. The van der Waals surface area contributed by atoms with Crippen molar-refractivity contribution >= 4 is 0 Å². The Morgan fingerprint density at radius 1 is 1.44 bits per heavy atom. The molecule has 4 heteroatoms. The van der Waals surface area contributed by atoms with Crippen molar-refractivity contribution < 1.29 is 0 Å². The van der Waals surface area contributed by atoms with E-state index in [2.05, 4.69) is 22.4 Å². The van der Waals surface area contributed by atoms with Gasteiger partial charge in [-0.2, -0.15) is 0 Å². The minimum atomic E-state index is 0.554. The van der Waals surface area contributed by atoms with Gasteiger partial charge in [-0.3, -0.25) is 0 Å². The van der Waals surface area contributed by atoms with Crippen LogP contribution >= 0.6 is 0 Å². The van der Waals surface area contributed by atoms with Crippen molar-refractivity contribution in [1.82, 2.24) is 20.1 Å². The third-order valence-corrected chi connectivity index (χ3v) is 4.00. The molecule has 0 atom stereocenters. The summed E-state index contributed by atoms with van der Waals surface area (Å²) >= 11 is 0. The standard InChI is InChI=1S/C12H22N4/c1-3-12(6-4-5-7-12)9-13-8-11-15-14-10-16(11)2/h10,13H,3-9H2,1-2H3. The first-order chi connectivity index (χ1) is 7.76. The number of hydrogen-bond donors (Lipinski definition) is 1. The summed E-state index contributed by atoms with van der Waals surface area (Å²) in [5.74, 6) is 1.02. The molecular formula is C12H22N4. The van der Waals surface area contributed by atoms with E-state index in [9.17, 15) is 0 Å². The molecule has 1 aliphatic rings. The lowest BCUT2D eigenvalue weighted by atomic mass is 9.83. The molecule has 1 fully saturated rings. The fraction of sp³-hybridized carbons (Fsp3) is 0.833. The Labute approximate surface area is 97.5 Å². The molecule has 1 aliphatic carbocycles. The average molecular weight is 222 g/mol. The maximum Gasteiger partial charge on any atom is 0.146 e. The number of rotatable bonds is 5. The molecular weight excluding hydrogens is 200 g/mol. The highest BCUT2D eigenvalue weighted by Gasteiger charge is 2.31. The molecule has 16 heavy (non-hydrogen) atoms. The Morgan fingerprint density at radius 3 is 2.75 bits per heavy atom. The van der Waals surface area contributed by atoms with Crippen molar-refractivity contribution in [2.45, 2.75) is 45.6 Å². The molecule has 0 aromatic carbocycles. The van der Waals surface area contributed by atoms with Crippen LogP contribution in [0, 0.1) is 5.41 Å². The molecule has 2 rings (SSSR count). The van der Waals surface area contributed by atoms with Crippen molar-refractivity contribution in [2.24, 2.45) is 12.5 Å². The number of aromatic nitrogens is 3. The van der Waals surface area contributed by atoms with Crippen molar-refractivity contribution in [3.63, 3.8) is 0 Å². The normalized spacial score (nSPS) is 19.1. The molecule has 1 N–H and O–H groups in total. The van der Waals surface area contributed by atoms with Gasteiger partial charge in [-0.05, 0) is 24.7 Å². The first-order valence-electron chi connectivity index (χ1n) is 6.29. The smallest absolute Gasteiger partial charge is 0.146 e. The molecule has 1 aromatic rings. The van der Waals surface area contributed by atoms with Gasteiger partial charge in [0.1, 0.15) is 12.2 Å². The van der Waals surface area contributed by atoms with Gasteiger partial charge >= 0.3 is 0 Å². The Hall–Kier alpha value is -0.900. The van der Waals surface area contributed by atoms with Crippen LogP contribution in [0.25, 0.3) is 0 Å². The van der Waals surface area contributed by atoms with Crippen molar-refractivity contribution in [2.75, 3.05) is 6.54 Å². The van der Waals surface area contributed by atoms with Gasteiger partial charge in [0, 0.05) is 13.6 Å². The minimum absolute atomic E-state index is 0.554. The Kier molecular flexibility index (Phi) is 3.59. The quantitative estimate of drug-likeness (QED) is 0.827. The molecule has 4 nitrogen and oxygen atoms in total. The molecule has 1 heterocycles. The maximum absolute atomic E-state index is 4.08. The molecule has 0 spiro atoms.